The van der Waals surface area contributed by atoms with Crippen LogP contribution in [0.3, 0.4) is 0 Å². The van der Waals surface area contributed by atoms with Gasteiger partial charge in [-0.1, -0.05) is 6.92 Å². The Morgan fingerprint density at radius 3 is 2.80 bits per heavy atom. The first-order chi connectivity index (χ1) is 11.9. The van der Waals surface area contributed by atoms with Gasteiger partial charge in [-0.05, 0) is 19.4 Å². The summed E-state index contributed by atoms with van der Waals surface area (Å²) in [5.41, 5.74) is 9.89. The molecule has 3 heterocycles. The van der Waals surface area contributed by atoms with Crippen LogP contribution in [0.15, 0.2) is 24.6 Å². The third kappa shape index (κ3) is 3.11. The summed E-state index contributed by atoms with van der Waals surface area (Å²) < 4.78 is 7.23. The number of nitrogens with two attached hydrogens (primary N) is 1. The number of hydrazine groups is 1. The number of nitrogens with one attached hydrogen (secondary N) is 1. The van der Waals surface area contributed by atoms with E-state index >= 15 is 0 Å². The number of nitrogens with zero attached hydrogens (tertiary/aromatic N) is 5. The smallest absolute Gasteiger partial charge is 0.178 e. The maximum atomic E-state index is 10.2. The third-order valence-corrected chi connectivity index (χ3v) is 4.13. The number of rotatable bonds is 5. The lowest BCUT2D eigenvalue weighted by molar-refractivity contribution is -0.0299. The number of aliphatic hydroxyl groups is 2. The van der Waals surface area contributed by atoms with Gasteiger partial charge < -0.3 is 20.7 Å². The van der Waals surface area contributed by atoms with Gasteiger partial charge in [-0.3, -0.25) is 15.0 Å². The standard InChI is InChI=1S/C15H23N7O3/c1-4-5-9(16)20-21(3)13-10-14(18-6-17-13)22(7-19-10)15-12(24)11(23)8(2)25-15/h5-8,11-12,15,20,23-24H,4,16H2,1-3H3/b9-5+/t8-,11-,12-,15-/m1/s1. The van der Waals surface area contributed by atoms with Crippen LogP contribution in [-0.4, -0.2) is 55.1 Å². The molecule has 0 unspecified atom stereocenters. The highest BCUT2D eigenvalue weighted by atomic mass is 16.6. The predicted molar refractivity (Wildman–Crippen MR) is 91.0 cm³/mol. The average molecular weight is 349 g/mol. The Morgan fingerprint density at radius 2 is 2.16 bits per heavy atom. The maximum absolute atomic E-state index is 10.2. The van der Waals surface area contributed by atoms with Gasteiger partial charge in [0, 0.05) is 7.05 Å². The van der Waals surface area contributed by atoms with E-state index in [1.807, 2.05) is 13.0 Å². The van der Waals surface area contributed by atoms with Crippen LogP contribution < -0.4 is 16.2 Å². The number of fused-ring (bicyclic) bond motifs is 1. The van der Waals surface area contributed by atoms with E-state index in [9.17, 15) is 10.2 Å². The van der Waals surface area contributed by atoms with Gasteiger partial charge in [0.05, 0.1) is 12.4 Å². The van der Waals surface area contributed by atoms with Crippen LogP contribution in [0.5, 0.6) is 0 Å². The van der Waals surface area contributed by atoms with Crippen molar-refractivity contribution in [2.75, 3.05) is 12.1 Å². The molecule has 4 atom stereocenters. The first-order valence-corrected chi connectivity index (χ1v) is 8.09. The number of aromatic nitrogens is 4. The normalized spacial score (nSPS) is 27.0. The summed E-state index contributed by atoms with van der Waals surface area (Å²) in [7, 11) is 1.77. The molecular weight excluding hydrogens is 326 g/mol. The highest BCUT2D eigenvalue weighted by molar-refractivity contribution is 5.83. The number of aliphatic hydroxyl groups excluding tert-OH is 2. The molecule has 1 aliphatic rings. The lowest BCUT2D eigenvalue weighted by Crippen LogP contribution is -2.37. The summed E-state index contributed by atoms with van der Waals surface area (Å²) in [5, 5.41) is 21.8. The van der Waals surface area contributed by atoms with Gasteiger partial charge in [0.25, 0.3) is 0 Å². The van der Waals surface area contributed by atoms with E-state index in [0.717, 1.165) is 6.42 Å². The Bertz CT molecular complexity index is 778. The molecule has 1 fully saturated rings. The number of hydrogen-bond donors (Lipinski definition) is 4. The van der Waals surface area contributed by atoms with Crippen molar-refractivity contribution in [2.24, 2.45) is 5.73 Å². The molecule has 3 rings (SSSR count). The van der Waals surface area contributed by atoms with Crippen molar-refractivity contribution in [2.45, 2.75) is 44.8 Å². The number of imidazole rings is 1. The molecule has 136 valence electrons. The highest BCUT2D eigenvalue weighted by Crippen LogP contribution is 2.32. The van der Waals surface area contributed by atoms with Gasteiger partial charge in [0.15, 0.2) is 23.2 Å². The van der Waals surface area contributed by atoms with Crippen LogP contribution >= 0.6 is 0 Å². The Hall–Kier alpha value is -2.43. The molecule has 0 saturated carbocycles. The Kier molecular flexibility index (Phi) is 4.75. The van der Waals surface area contributed by atoms with E-state index in [2.05, 4.69) is 20.4 Å². The highest BCUT2D eigenvalue weighted by Gasteiger charge is 2.42. The van der Waals surface area contributed by atoms with Crippen molar-refractivity contribution in [3.05, 3.63) is 24.6 Å². The van der Waals surface area contributed by atoms with Crippen molar-refractivity contribution < 1.29 is 14.9 Å². The molecule has 2 aromatic rings. The first kappa shape index (κ1) is 17.4. The second-order valence-corrected chi connectivity index (χ2v) is 5.97. The SMILES string of the molecule is CC/C=C(\N)NN(C)c1ncnc2c1ncn2[C@@H]1O[C@H](C)[C@@H](O)[C@H]1O. The number of ether oxygens (including phenoxy) is 1. The first-order valence-electron chi connectivity index (χ1n) is 8.09. The minimum atomic E-state index is -1.06. The Morgan fingerprint density at radius 1 is 1.40 bits per heavy atom. The minimum Gasteiger partial charge on any atom is -0.388 e. The van der Waals surface area contributed by atoms with Crippen LogP contribution in [0.25, 0.3) is 11.2 Å². The zero-order valence-electron chi connectivity index (χ0n) is 14.4. The maximum Gasteiger partial charge on any atom is 0.178 e. The summed E-state index contributed by atoms with van der Waals surface area (Å²) in [6, 6.07) is 0. The minimum absolute atomic E-state index is 0.484. The second-order valence-electron chi connectivity index (χ2n) is 5.97. The molecule has 1 saturated heterocycles. The number of allylic oxidation sites excluding steroid dienone is 1. The van der Waals surface area contributed by atoms with Crippen LogP contribution in [0.1, 0.15) is 26.5 Å². The monoisotopic (exact) mass is 349 g/mol. The van der Waals surface area contributed by atoms with Crippen LogP contribution in [-0.2, 0) is 4.74 Å². The van der Waals surface area contributed by atoms with Crippen LogP contribution in [0.4, 0.5) is 5.82 Å². The van der Waals surface area contributed by atoms with Gasteiger partial charge in [-0.2, -0.15) is 0 Å². The van der Waals surface area contributed by atoms with Crippen molar-refractivity contribution in [1.82, 2.24) is 24.9 Å². The van der Waals surface area contributed by atoms with Gasteiger partial charge in [-0.15, -0.1) is 0 Å². The summed E-state index contributed by atoms with van der Waals surface area (Å²) in [4.78, 5) is 12.8. The van der Waals surface area contributed by atoms with Crippen molar-refractivity contribution in [1.29, 1.82) is 0 Å². The summed E-state index contributed by atoms with van der Waals surface area (Å²) in [6.45, 7) is 3.69. The third-order valence-electron chi connectivity index (χ3n) is 4.13. The molecule has 2 aromatic heterocycles. The van der Waals surface area contributed by atoms with E-state index in [4.69, 9.17) is 10.5 Å². The van der Waals surface area contributed by atoms with Crippen molar-refractivity contribution in [3.8, 4) is 0 Å². The molecule has 0 radical (unpaired) electrons. The molecule has 5 N–H and O–H groups in total. The van der Waals surface area contributed by atoms with E-state index in [1.165, 1.54) is 12.7 Å². The zero-order valence-corrected chi connectivity index (χ0v) is 14.4. The van der Waals surface area contributed by atoms with Crippen LogP contribution in [0.2, 0.25) is 0 Å². The van der Waals surface area contributed by atoms with Crippen LogP contribution in [0, 0.1) is 0 Å². The fourth-order valence-corrected chi connectivity index (χ4v) is 2.84. The molecule has 0 aromatic carbocycles. The van der Waals surface area contributed by atoms with E-state index in [-0.39, 0.29) is 0 Å². The van der Waals surface area contributed by atoms with Gasteiger partial charge in [0.2, 0.25) is 0 Å². The Balaban J connectivity index is 1.94. The molecule has 10 heteroatoms. The molecule has 10 nitrogen and oxygen atoms in total. The quantitative estimate of drug-likeness (QED) is 0.533. The van der Waals surface area contributed by atoms with E-state index < -0.39 is 24.5 Å². The second kappa shape index (κ2) is 6.82. The molecule has 0 spiro atoms. The fourth-order valence-electron chi connectivity index (χ4n) is 2.84. The summed E-state index contributed by atoms with van der Waals surface area (Å²) in [5.74, 6) is 1.03. The predicted octanol–water partition coefficient (Wildman–Crippen LogP) is -0.384. The van der Waals surface area contributed by atoms with Gasteiger partial charge in [0.1, 0.15) is 24.4 Å². The average Bonchev–Trinajstić information content (AvgIpc) is 3.11. The van der Waals surface area contributed by atoms with Gasteiger partial charge >= 0.3 is 0 Å². The largest absolute Gasteiger partial charge is 0.388 e. The molecule has 0 aliphatic carbocycles. The molecule has 0 amide bonds. The van der Waals surface area contributed by atoms with Crippen molar-refractivity contribution in [3.63, 3.8) is 0 Å². The summed E-state index contributed by atoms with van der Waals surface area (Å²) >= 11 is 0. The van der Waals surface area contributed by atoms with Crippen molar-refractivity contribution >= 4 is 17.0 Å². The molecular formula is C15H23N7O3. The Labute approximate surface area is 144 Å². The lowest BCUT2D eigenvalue weighted by Gasteiger charge is -2.21. The summed E-state index contributed by atoms with van der Waals surface area (Å²) in [6.07, 6.45) is 2.28. The fraction of sp³-hybridized carbons (Fsp3) is 0.533. The van der Waals surface area contributed by atoms with Gasteiger partial charge in [-0.25, -0.2) is 15.0 Å². The molecule has 1 aliphatic heterocycles. The van der Waals surface area contributed by atoms with E-state index in [0.29, 0.717) is 22.8 Å². The molecule has 25 heavy (non-hydrogen) atoms. The number of anilines is 1. The number of hydrogen-bond acceptors (Lipinski definition) is 9. The van der Waals surface area contributed by atoms with E-state index in [1.54, 1.807) is 23.5 Å². The molecule has 0 bridgehead atoms. The topological polar surface area (TPSA) is 135 Å². The lowest BCUT2D eigenvalue weighted by atomic mass is 10.1. The zero-order chi connectivity index (χ0) is 18.1.